The number of rotatable bonds is 5. The van der Waals surface area contributed by atoms with Gasteiger partial charge in [-0.2, -0.15) is 5.10 Å². The summed E-state index contributed by atoms with van der Waals surface area (Å²) < 4.78 is 14.2. The molecule has 0 unspecified atom stereocenters. The average Bonchev–Trinajstić information content (AvgIpc) is 3.35. The van der Waals surface area contributed by atoms with Gasteiger partial charge in [0.05, 0.1) is 19.9 Å². The summed E-state index contributed by atoms with van der Waals surface area (Å²) in [7, 11) is 3.20. The van der Waals surface area contributed by atoms with E-state index in [2.05, 4.69) is 23.9 Å². The lowest BCUT2D eigenvalue weighted by molar-refractivity contribution is 0.355. The van der Waals surface area contributed by atoms with Gasteiger partial charge in [-0.25, -0.2) is 24.1 Å². The first-order chi connectivity index (χ1) is 13.5. The number of methoxy groups -OCH3 is 2. The van der Waals surface area contributed by atoms with Crippen molar-refractivity contribution >= 4 is 5.52 Å². The molecule has 0 spiro atoms. The Labute approximate surface area is 162 Å². The van der Waals surface area contributed by atoms with Crippen molar-refractivity contribution in [3.05, 3.63) is 42.4 Å². The Hall–Kier alpha value is -3.49. The van der Waals surface area contributed by atoms with Crippen LogP contribution in [0.5, 0.6) is 11.5 Å². The summed E-state index contributed by atoms with van der Waals surface area (Å²) in [4.78, 5) is 13.5. The van der Waals surface area contributed by atoms with Crippen molar-refractivity contribution in [1.82, 2.24) is 34.3 Å². The highest BCUT2D eigenvalue weighted by molar-refractivity contribution is 5.68. The van der Waals surface area contributed by atoms with Gasteiger partial charge in [-0.1, -0.05) is 13.8 Å². The molecule has 0 aliphatic rings. The minimum atomic E-state index is 0.193. The van der Waals surface area contributed by atoms with Gasteiger partial charge in [0, 0.05) is 11.5 Å². The molecule has 28 heavy (non-hydrogen) atoms. The second-order valence-corrected chi connectivity index (χ2v) is 6.64. The largest absolute Gasteiger partial charge is 0.493 e. The van der Waals surface area contributed by atoms with Crippen LogP contribution in [0.3, 0.4) is 0 Å². The Morgan fingerprint density at radius 1 is 1.04 bits per heavy atom. The summed E-state index contributed by atoms with van der Waals surface area (Å²) >= 11 is 0. The molecule has 0 amide bonds. The quantitative estimate of drug-likeness (QED) is 0.526. The topological polar surface area (TPSA) is 92.2 Å². The summed E-state index contributed by atoms with van der Waals surface area (Å²) in [6.07, 6.45) is 3.09. The van der Waals surface area contributed by atoms with Crippen LogP contribution in [0, 0.1) is 6.92 Å². The van der Waals surface area contributed by atoms with Crippen LogP contribution < -0.4 is 9.47 Å². The maximum atomic E-state index is 5.43. The van der Waals surface area contributed by atoms with Gasteiger partial charge in [0.25, 0.3) is 0 Å². The number of ether oxygens (including phenoxy) is 2. The number of aryl methyl sites for hydroxylation is 1. The van der Waals surface area contributed by atoms with E-state index in [4.69, 9.17) is 24.5 Å². The van der Waals surface area contributed by atoms with Crippen LogP contribution in [0.1, 0.15) is 31.3 Å². The van der Waals surface area contributed by atoms with Crippen molar-refractivity contribution in [2.75, 3.05) is 14.2 Å². The molecule has 0 bridgehead atoms. The second-order valence-electron chi connectivity index (χ2n) is 6.64. The fourth-order valence-electron chi connectivity index (χ4n) is 3.12. The van der Waals surface area contributed by atoms with Gasteiger partial charge < -0.3 is 9.47 Å². The standard InChI is InChI=1S/C19H21N7O2/c1-11(2)18-22-12(3)16-19(25-10-20-9-21-25)23-17(24-26(16)18)13-6-7-14(27-4)15(8-13)28-5/h6-11H,1-5H3. The Morgan fingerprint density at radius 3 is 2.46 bits per heavy atom. The smallest absolute Gasteiger partial charge is 0.185 e. The Balaban J connectivity index is 2.01. The highest BCUT2D eigenvalue weighted by Crippen LogP contribution is 2.32. The van der Waals surface area contributed by atoms with E-state index in [-0.39, 0.29) is 5.92 Å². The molecule has 144 valence electrons. The molecule has 3 aromatic heterocycles. The zero-order chi connectivity index (χ0) is 19.8. The summed E-state index contributed by atoms with van der Waals surface area (Å²) in [6.45, 7) is 6.12. The molecular weight excluding hydrogens is 358 g/mol. The highest BCUT2D eigenvalue weighted by Gasteiger charge is 2.20. The molecule has 4 rings (SSSR count). The van der Waals surface area contributed by atoms with E-state index in [1.165, 1.54) is 6.33 Å². The Kier molecular flexibility index (Phi) is 4.42. The third-order valence-corrected chi connectivity index (χ3v) is 4.47. The molecule has 3 heterocycles. The number of hydrogen-bond donors (Lipinski definition) is 0. The van der Waals surface area contributed by atoms with E-state index < -0.39 is 0 Å². The third kappa shape index (κ3) is 2.84. The molecule has 0 aliphatic heterocycles. The van der Waals surface area contributed by atoms with Gasteiger partial charge >= 0.3 is 0 Å². The van der Waals surface area contributed by atoms with Gasteiger partial charge in [0.15, 0.2) is 23.1 Å². The molecule has 4 aromatic rings. The normalized spacial score (nSPS) is 11.4. The molecule has 0 saturated heterocycles. The number of nitrogens with zero attached hydrogens (tertiary/aromatic N) is 7. The van der Waals surface area contributed by atoms with Crippen LogP contribution in [-0.4, -0.2) is 48.6 Å². The minimum absolute atomic E-state index is 0.193. The summed E-state index contributed by atoms with van der Waals surface area (Å²) in [5.41, 5.74) is 2.44. The molecule has 0 fully saturated rings. The maximum Gasteiger partial charge on any atom is 0.185 e. The minimum Gasteiger partial charge on any atom is -0.493 e. The molecule has 0 radical (unpaired) electrons. The summed E-state index contributed by atoms with van der Waals surface area (Å²) in [6, 6.07) is 5.58. The van der Waals surface area contributed by atoms with E-state index in [0.29, 0.717) is 23.1 Å². The second kappa shape index (κ2) is 6.91. The SMILES string of the molecule is COc1ccc(-c2nc(-n3cncn3)c3c(C)nc(C(C)C)n3n2)cc1OC. The lowest BCUT2D eigenvalue weighted by Gasteiger charge is -2.11. The monoisotopic (exact) mass is 379 g/mol. The summed E-state index contributed by atoms with van der Waals surface area (Å²) in [5.74, 6) is 3.45. The molecule has 9 heteroatoms. The lowest BCUT2D eigenvalue weighted by atomic mass is 10.2. The van der Waals surface area contributed by atoms with Crippen molar-refractivity contribution in [3.63, 3.8) is 0 Å². The molecule has 1 aromatic carbocycles. The average molecular weight is 379 g/mol. The third-order valence-electron chi connectivity index (χ3n) is 4.47. The predicted molar refractivity (Wildman–Crippen MR) is 103 cm³/mol. The number of aromatic nitrogens is 7. The van der Waals surface area contributed by atoms with Crippen molar-refractivity contribution in [1.29, 1.82) is 0 Å². The van der Waals surface area contributed by atoms with Gasteiger partial charge in [-0.3, -0.25) is 0 Å². The van der Waals surface area contributed by atoms with Crippen molar-refractivity contribution in [2.45, 2.75) is 26.7 Å². The maximum absolute atomic E-state index is 5.43. The van der Waals surface area contributed by atoms with Crippen molar-refractivity contribution < 1.29 is 9.47 Å². The van der Waals surface area contributed by atoms with Crippen molar-refractivity contribution in [3.8, 4) is 28.7 Å². The van der Waals surface area contributed by atoms with E-state index in [1.807, 2.05) is 29.6 Å². The van der Waals surface area contributed by atoms with E-state index in [1.54, 1.807) is 25.2 Å². The lowest BCUT2D eigenvalue weighted by Crippen LogP contribution is -2.09. The van der Waals surface area contributed by atoms with Crippen LogP contribution >= 0.6 is 0 Å². The van der Waals surface area contributed by atoms with Crippen molar-refractivity contribution in [2.24, 2.45) is 0 Å². The Morgan fingerprint density at radius 2 is 1.82 bits per heavy atom. The fourth-order valence-corrected chi connectivity index (χ4v) is 3.12. The fraction of sp³-hybridized carbons (Fsp3) is 0.316. The number of benzene rings is 1. The van der Waals surface area contributed by atoms with Crippen LogP contribution in [0.4, 0.5) is 0 Å². The molecule has 0 saturated carbocycles. The van der Waals surface area contributed by atoms with Crippen LogP contribution in [-0.2, 0) is 0 Å². The Bertz CT molecular complexity index is 1130. The first-order valence-electron chi connectivity index (χ1n) is 8.88. The van der Waals surface area contributed by atoms with Gasteiger partial charge in [-0.05, 0) is 25.1 Å². The number of imidazole rings is 1. The van der Waals surface area contributed by atoms with Crippen LogP contribution in [0.2, 0.25) is 0 Å². The molecule has 9 nitrogen and oxygen atoms in total. The van der Waals surface area contributed by atoms with E-state index in [9.17, 15) is 0 Å². The first kappa shape index (κ1) is 17.9. The van der Waals surface area contributed by atoms with Crippen LogP contribution in [0.15, 0.2) is 30.9 Å². The highest BCUT2D eigenvalue weighted by atomic mass is 16.5. The number of hydrogen-bond acceptors (Lipinski definition) is 7. The van der Waals surface area contributed by atoms with E-state index >= 15 is 0 Å². The molecular formula is C19H21N7O2. The van der Waals surface area contributed by atoms with Crippen LogP contribution in [0.25, 0.3) is 22.7 Å². The molecule has 0 atom stereocenters. The predicted octanol–water partition coefficient (Wildman–Crippen LogP) is 2.82. The van der Waals surface area contributed by atoms with Gasteiger partial charge in [0.1, 0.15) is 24.0 Å². The van der Waals surface area contributed by atoms with E-state index in [0.717, 1.165) is 22.6 Å². The molecule has 0 N–H and O–H groups in total. The zero-order valence-electron chi connectivity index (χ0n) is 16.4. The van der Waals surface area contributed by atoms with Gasteiger partial charge in [-0.15, -0.1) is 5.10 Å². The van der Waals surface area contributed by atoms with Gasteiger partial charge in [0.2, 0.25) is 0 Å². The summed E-state index contributed by atoms with van der Waals surface area (Å²) in [5, 5.41) is 9.03. The molecule has 0 aliphatic carbocycles. The number of fused-ring (bicyclic) bond motifs is 1. The zero-order valence-corrected chi connectivity index (χ0v) is 16.4. The first-order valence-corrected chi connectivity index (χ1v) is 8.88.